The molecule has 0 aliphatic heterocycles. The molecule has 0 amide bonds. The maximum absolute atomic E-state index is 5.45. The van der Waals surface area contributed by atoms with E-state index in [9.17, 15) is 0 Å². The molecule has 2 aromatic rings. The zero-order valence-electron chi connectivity index (χ0n) is 13.8. The van der Waals surface area contributed by atoms with Crippen LogP contribution in [0.2, 0.25) is 0 Å². The van der Waals surface area contributed by atoms with Crippen LogP contribution < -0.4 is 19.5 Å². The van der Waals surface area contributed by atoms with Crippen LogP contribution >= 0.6 is 0 Å². The van der Waals surface area contributed by atoms with Gasteiger partial charge in [-0.05, 0) is 37.1 Å². The molecule has 0 atom stereocenters. The Labute approximate surface area is 132 Å². The van der Waals surface area contributed by atoms with Gasteiger partial charge in [-0.15, -0.1) is 0 Å². The van der Waals surface area contributed by atoms with E-state index in [-0.39, 0.29) is 0 Å². The molecule has 0 heterocycles. The molecule has 118 valence electrons. The minimum atomic E-state index is 0.647. The van der Waals surface area contributed by atoms with Crippen molar-refractivity contribution in [3.63, 3.8) is 0 Å². The smallest absolute Gasteiger partial charge is 0.164 e. The Hall–Kier alpha value is -2.36. The number of aryl methyl sites for hydroxylation is 2. The van der Waals surface area contributed by atoms with E-state index in [2.05, 4.69) is 37.4 Å². The van der Waals surface area contributed by atoms with Gasteiger partial charge < -0.3 is 19.5 Å². The van der Waals surface area contributed by atoms with Gasteiger partial charge in [0.2, 0.25) is 0 Å². The van der Waals surface area contributed by atoms with Gasteiger partial charge in [0.25, 0.3) is 0 Å². The average Bonchev–Trinajstić information content (AvgIpc) is 2.54. The lowest BCUT2D eigenvalue weighted by molar-refractivity contribution is 0.347. The number of hydrogen-bond donors (Lipinski definition) is 1. The first-order valence-electron chi connectivity index (χ1n) is 7.19. The number of rotatable bonds is 6. The van der Waals surface area contributed by atoms with Gasteiger partial charge in [0.1, 0.15) is 5.75 Å². The zero-order chi connectivity index (χ0) is 16.1. The molecule has 0 aliphatic carbocycles. The van der Waals surface area contributed by atoms with Gasteiger partial charge in [0.15, 0.2) is 11.5 Å². The van der Waals surface area contributed by atoms with Crippen molar-refractivity contribution in [1.29, 1.82) is 0 Å². The second-order valence-electron chi connectivity index (χ2n) is 5.19. The zero-order valence-corrected chi connectivity index (χ0v) is 13.8. The Morgan fingerprint density at radius 3 is 2.09 bits per heavy atom. The summed E-state index contributed by atoms with van der Waals surface area (Å²) < 4.78 is 16.1. The first-order valence-corrected chi connectivity index (χ1v) is 7.19. The fraction of sp³-hybridized carbons (Fsp3) is 0.333. The van der Waals surface area contributed by atoms with Crippen LogP contribution in [0.5, 0.6) is 17.2 Å². The highest BCUT2D eigenvalue weighted by Crippen LogP contribution is 2.35. The maximum Gasteiger partial charge on any atom is 0.164 e. The summed E-state index contributed by atoms with van der Waals surface area (Å²) in [6.45, 7) is 4.82. The number of ether oxygens (including phenoxy) is 3. The molecule has 0 aliphatic rings. The van der Waals surface area contributed by atoms with Gasteiger partial charge in [0.05, 0.1) is 21.3 Å². The second-order valence-corrected chi connectivity index (χ2v) is 5.19. The molecule has 0 unspecified atom stereocenters. The molecule has 0 fully saturated rings. The van der Waals surface area contributed by atoms with E-state index in [1.54, 1.807) is 21.3 Å². The lowest BCUT2D eigenvalue weighted by Crippen LogP contribution is -2.04. The molecule has 2 rings (SSSR count). The van der Waals surface area contributed by atoms with Crippen molar-refractivity contribution in [3.05, 3.63) is 47.0 Å². The van der Waals surface area contributed by atoms with E-state index >= 15 is 0 Å². The number of nitrogens with one attached hydrogen (secondary N) is 1. The minimum absolute atomic E-state index is 0.647. The Kier molecular flexibility index (Phi) is 5.15. The second kappa shape index (κ2) is 7.07. The summed E-state index contributed by atoms with van der Waals surface area (Å²) >= 11 is 0. The van der Waals surface area contributed by atoms with Gasteiger partial charge in [0, 0.05) is 23.9 Å². The Balaban J connectivity index is 2.26. The molecule has 0 saturated carbocycles. The monoisotopic (exact) mass is 301 g/mol. The van der Waals surface area contributed by atoms with E-state index in [4.69, 9.17) is 14.2 Å². The first kappa shape index (κ1) is 16.0. The van der Waals surface area contributed by atoms with E-state index < -0.39 is 0 Å². The highest BCUT2D eigenvalue weighted by Gasteiger charge is 2.12. The molecule has 4 nitrogen and oxygen atoms in total. The van der Waals surface area contributed by atoms with E-state index in [1.165, 1.54) is 11.1 Å². The van der Waals surface area contributed by atoms with E-state index in [0.29, 0.717) is 18.0 Å². The maximum atomic E-state index is 5.45. The summed E-state index contributed by atoms with van der Waals surface area (Å²) in [6, 6.07) is 10.2. The number of anilines is 1. The van der Waals surface area contributed by atoms with Crippen LogP contribution in [0.15, 0.2) is 30.3 Å². The van der Waals surface area contributed by atoms with Gasteiger partial charge in [-0.3, -0.25) is 0 Å². The third kappa shape index (κ3) is 3.45. The summed E-state index contributed by atoms with van der Waals surface area (Å²) in [7, 11) is 4.90. The highest BCUT2D eigenvalue weighted by atomic mass is 16.5. The predicted molar refractivity (Wildman–Crippen MR) is 89.3 cm³/mol. The molecule has 4 heteroatoms. The molecular weight excluding hydrogens is 278 g/mol. The average molecular weight is 301 g/mol. The van der Waals surface area contributed by atoms with Crippen molar-refractivity contribution in [2.75, 3.05) is 26.6 Å². The van der Waals surface area contributed by atoms with Crippen LogP contribution in [0.4, 0.5) is 5.69 Å². The topological polar surface area (TPSA) is 39.7 Å². The van der Waals surface area contributed by atoms with Crippen LogP contribution in [0, 0.1) is 13.8 Å². The van der Waals surface area contributed by atoms with Gasteiger partial charge >= 0.3 is 0 Å². The van der Waals surface area contributed by atoms with Crippen molar-refractivity contribution >= 4 is 5.69 Å². The van der Waals surface area contributed by atoms with Crippen molar-refractivity contribution in [1.82, 2.24) is 0 Å². The summed E-state index contributed by atoms with van der Waals surface area (Å²) in [5, 5.41) is 3.46. The van der Waals surface area contributed by atoms with Crippen molar-refractivity contribution < 1.29 is 14.2 Å². The molecular formula is C18H23NO3. The summed E-state index contributed by atoms with van der Waals surface area (Å²) in [4.78, 5) is 0. The fourth-order valence-electron chi connectivity index (χ4n) is 2.35. The van der Waals surface area contributed by atoms with Crippen molar-refractivity contribution in [2.24, 2.45) is 0 Å². The molecule has 22 heavy (non-hydrogen) atoms. The Morgan fingerprint density at radius 1 is 0.818 bits per heavy atom. The van der Waals surface area contributed by atoms with Crippen LogP contribution in [0.3, 0.4) is 0 Å². The molecule has 0 bridgehead atoms. The summed E-state index contributed by atoms with van der Waals surface area (Å²) in [5.74, 6) is 2.13. The van der Waals surface area contributed by atoms with Crippen LogP contribution in [-0.2, 0) is 6.54 Å². The Morgan fingerprint density at radius 2 is 1.45 bits per heavy atom. The lowest BCUT2D eigenvalue weighted by Gasteiger charge is -2.16. The molecule has 2 aromatic carbocycles. The number of hydrogen-bond acceptors (Lipinski definition) is 4. The quantitative estimate of drug-likeness (QED) is 0.877. The molecule has 0 spiro atoms. The fourth-order valence-corrected chi connectivity index (χ4v) is 2.35. The van der Waals surface area contributed by atoms with Gasteiger partial charge in [-0.25, -0.2) is 0 Å². The lowest BCUT2D eigenvalue weighted by atomic mass is 10.1. The first-order chi connectivity index (χ1) is 10.6. The number of benzene rings is 2. The molecule has 0 aromatic heterocycles. The number of methoxy groups -OCH3 is 3. The summed E-state index contributed by atoms with van der Waals surface area (Å²) in [5.41, 5.74) is 4.58. The van der Waals surface area contributed by atoms with Crippen LogP contribution in [0.1, 0.15) is 16.7 Å². The van der Waals surface area contributed by atoms with Crippen LogP contribution in [-0.4, -0.2) is 21.3 Å². The molecule has 1 N–H and O–H groups in total. The van der Waals surface area contributed by atoms with Crippen molar-refractivity contribution in [2.45, 2.75) is 20.4 Å². The van der Waals surface area contributed by atoms with Crippen molar-refractivity contribution in [3.8, 4) is 17.2 Å². The van der Waals surface area contributed by atoms with E-state index in [1.807, 2.05) is 12.1 Å². The van der Waals surface area contributed by atoms with Gasteiger partial charge in [-0.2, -0.15) is 0 Å². The predicted octanol–water partition coefficient (Wildman–Crippen LogP) is 3.94. The third-order valence-electron chi connectivity index (χ3n) is 3.65. The van der Waals surface area contributed by atoms with Crippen LogP contribution in [0.25, 0.3) is 0 Å². The Bertz CT molecular complexity index is 653. The summed E-state index contributed by atoms with van der Waals surface area (Å²) in [6.07, 6.45) is 0. The standard InChI is InChI=1S/C18H23NO3/c1-12-6-7-13(2)15(8-12)19-11-14-9-17(21-4)18(22-5)10-16(14)20-3/h6-10,19H,11H2,1-5H3. The molecule has 0 saturated heterocycles. The van der Waals surface area contributed by atoms with Gasteiger partial charge in [-0.1, -0.05) is 12.1 Å². The third-order valence-corrected chi connectivity index (χ3v) is 3.65. The van der Waals surface area contributed by atoms with E-state index in [0.717, 1.165) is 17.0 Å². The SMILES string of the molecule is COc1cc(OC)c(OC)cc1CNc1cc(C)ccc1C. The normalized spacial score (nSPS) is 10.2. The minimum Gasteiger partial charge on any atom is -0.496 e. The highest BCUT2D eigenvalue weighted by molar-refractivity contribution is 5.55. The molecule has 0 radical (unpaired) electrons. The largest absolute Gasteiger partial charge is 0.496 e.